The van der Waals surface area contributed by atoms with Crippen LogP contribution in [0.1, 0.15) is 23.7 Å². The molecule has 4 aromatic rings. The Morgan fingerprint density at radius 2 is 1.95 bits per heavy atom. The maximum atomic E-state index is 13.1. The minimum Gasteiger partial charge on any atom is -0.462 e. The average molecular weight is 595 g/mol. The number of thiazole rings is 1. The van der Waals surface area contributed by atoms with Gasteiger partial charge in [-0.05, 0) is 43.7 Å². The number of pyridine rings is 1. The van der Waals surface area contributed by atoms with Crippen molar-refractivity contribution in [2.24, 2.45) is 0 Å². The molecule has 9 nitrogen and oxygen atoms in total. The predicted molar refractivity (Wildman–Crippen MR) is 162 cm³/mol. The van der Waals surface area contributed by atoms with E-state index in [0.29, 0.717) is 23.9 Å². The van der Waals surface area contributed by atoms with E-state index in [0.717, 1.165) is 64.9 Å². The number of hydrogen-bond acceptors (Lipinski definition) is 9. The molecule has 0 bridgehead atoms. The zero-order chi connectivity index (χ0) is 28.5. The van der Waals surface area contributed by atoms with Gasteiger partial charge in [0.2, 0.25) is 0 Å². The van der Waals surface area contributed by atoms with E-state index in [9.17, 15) is 9.59 Å². The molecular weight excluding hydrogens is 564 g/mol. The van der Waals surface area contributed by atoms with Crippen molar-refractivity contribution in [3.63, 3.8) is 0 Å². The molecule has 2 saturated heterocycles. The van der Waals surface area contributed by atoms with Crippen LogP contribution in [0.4, 0.5) is 10.8 Å². The van der Waals surface area contributed by atoms with Gasteiger partial charge in [0.15, 0.2) is 10.6 Å². The molecule has 214 valence electrons. The first-order chi connectivity index (χ1) is 19.9. The molecule has 2 aliphatic rings. The van der Waals surface area contributed by atoms with E-state index >= 15 is 0 Å². The predicted octanol–water partition coefficient (Wildman–Crippen LogP) is 5.01. The first-order valence-electron chi connectivity index (χ1n) is 13.7. The highest BCUT2D eigenvalue weighted by Gasteiger charge is 2.25. The number of nitrogens with zero attached hydrogens (tertiary/aromatic N) is 4. The minimum absolute atomic E-state index is 0.0283. The molecule has 2 aliphatic heterocycles. The third-order valence-electron chi connectivity index (χ3n) is 7.53. The molecule has 0 saturated carbocycles. The number of halogens is 1. The van der Waals surface area contributed by atoms with Crippen LogP contribution < -0.4 is 15.2 Å². The third kappa shape index (κ3) is 5.57. The normalized spacial score (nSPS) is 17.4. The lowest BCUT2D eigenvalue weighted by Crippen LogP contribution is -2.36. The van der Waals surface area contributed by atoms with Gasteiger partial charge in [-0.1, -0.05) is 29.0 Å². The molecule has 2 fully saturated rings. The lowest BCUT2D eigenvalue weighted by Gasteiger charge is -2.25. The van der Waals surface area contributed by atoms with Crippen LogP contribution in [0.15, 0.2) is 53.5 Å². The molecule has 1 atom stereocenters. The van der Waals surface area contributed by atoms with Gasteiger partial charge in [-0.3, -0.25) is 4.79 Å². The summed E-state index contributed by atoms with van der Waals surface area (Å²) in [4.78, 5) is 35.1. The van der Waals surface area contributed by atoms with Gasteiger partial charge in [-0.2, -0.15) is 0 Å². The molecular formula is C30H31ClN4O5S. The van der Waals surface area contributed by atoms with Gasteiger partial charge in [0.05, 0.1) is 52.5 Å². The van der Waals surface area contributed by atoms with Gasteiger partial charge in [-0.15, -0.1) is 0 Å². The number of anilines is 2. The van der Waals surface area contributed by atoms with E-state index in [1.54, 1.807) is 31.6 Å². The number of ether oxygens (including phenoxy) is 3. The molecule has 11 heteroatoms. The highest BCUT2D eigenvalue weighted by atomic mass is 35.5. The second-order valence-electron chi connectivity index (χ2n) is 10.0. The number of morpholine rings is 1. The number of hydrogen-bond donors (Lipinski definition) is 0. The average Bonchev–Trinajstić information content (AvgIpc) is 3.64. The summed E-state index contributed by atoms with van der Waals surface area (Å²) < 4.78 is 19.0. The maximum Gasteiger partial charge on any atom is 0.343 e. The Hall–Kier alpha value is -3.44. The standard InChI is InChI=1S/C30H31ClN4O5S/c1-3-40-29(37)22-18-35(20-5-6-24-28(15-20)41-30(32-24)33-10-12-39-13-11-33)26(16-27(22)36)19-4-7-25(23(31)14-19)34-9-8-21(17-34)38-2/h4-7,14-16,18,21H,3,8-13,17H2,1-2H3. The SMILES string of the molecule is CCOC(=O)c1cn(-c2ccc3nc(N4CCOCC4)sc3c2)c(-c2ccc(N3CCC(OC)C3)c(Cl)c2)cc1=O. The van der Waals surface area contributed by atoms with E-state index < -0.39 is 11.4 Å². The molecule has 6 rings (SSSR count). The number of benzene rings is 2. The Morgan fingerprint density at radius 1 is 1.12 bits per heavy atom. The number of aromatic nitrogens is 2. The second kappa shape index (κ2) is 11.8. The van der Waals surface area contributed by atoms with Gasteiger partial charge in [-0.25, -0.2) is 9.78 Å². The van der Waals surface area contributed by atoms with Crippen molar-refractivity contribution < 1.29 is 19.0 Å². The fourth-order valence-electron chi connectivity index (χ4n) is 5.33. The highest BCUT2D eigenvalue weighted by Crippen LogP contribution is 2.35. The summed E-state index contributed by atoms with van der Waals surface area (Å²) in [6.07, 6.45) is 2.68. The van der Waals surface area contributed by atoms with Crippen molar-refractivity contribution in [3.8, 4) is 16.9 Å². The Balaban J connectivity index is 1.43. The van der Waals surface area contributed by atoms with E-state index in [2.05, 4.69) is 9.80 Å². The lowest BCUT2D eigenvalue weighted by molar-refractivity contribution is 0.0524. The number of carbonyl (C=O) groups is 1. The zero-order valence-electron chi connectivity index (χ0n) is 23.0. The fraction of sp³-hybridized carbons (Fsp3) is 0.367. The van der Waals surface area contributed by atoms with Crippen LogP contribution in [0.25, 0.3) is 27.2 Å². The molecule has 0 spiro atoms. The molecule has 2 aromatic heterocycles. The molecule has 0 N–H and O–H groups in total. The minimum atomic E-state index is -0.651. The lowest BCUT2D eigenvalue weighted by atomic mass is 10.1. The summed E-state index contributed by atoms with van der Waals surface area (Å²) >= 11 is 8.41. The Morgan fingerprint density at radius 3 is 2.68 bits per heavy atom. The van der Waals surface area contributed by atoms with Crippen molar-refractivity contribution >= 4 is 49.9 Å². The summed E-state index contributed by atoms with van der Waals surface area (Å²) in [5.74, 6) is -0.651. The van der Waals surface area contributed by atoms with E-state index in [1.807, 2.05) is 41.0 Å². The van der Waals surface area contributed by atoms with Crippen molar-refractivity contribution in [3.05, 3.63) is 69.5 Å². The van der Waals surface area contributed by atoms with Crippen LogP contribution >= 0.6 is 22.9 Å². The van der Waals surface area contributed by atoms with E-state index in [1.165, 1.54) is 6.07 Å². The van der Waals surface area contributed by atoms with Crippen LogP contribution in [0.2, 0.25) is 5.02 Å². The molecule has 4 heterocycles. The van der Waals surface area contributed by atoms with Gasteiger partial charge in [0, 0.05) is 56.8 Å². The summed E-state index contributed by atoms with van der Waals surface area (Å²) in [6, 6.07) is 13.2. The van der Waals surface area contributed by atoms with Crippen molar-refractivity contribution in [2.45, 2.75) is 19.4 Å². The Kier molecular flexibility index (Phi) is 7.99. The van der Waals surface area contributed by atoms with E-state index in [4.69, 9.17) is 30.8 Å². The fourth-order valence-corrected chi connectivity index (χ4v) is 6.69. The summed E-state index contributed by atoms with van der Waals surface area (Å²) in [5.41, 5.74) is 3.54. The van der Waals surface area contributed by atoms with E-state index in [-0.39, 0.29) is 18.3 Å². The number of esters is 1. The monoisotopic (exact) mass is 594 g/mol. The van der Waals surface area contributed by atoms with Crippen molar-refractivity contribution in [1.29, 1.82) is 0 Å². The van der Waals surface area contributed by atoms with Gasteiger partial charge in [0.1, 0.15) is 5.56 Å². The highest BCUT2D eigenvalue weighted by molar-refractivity contribution is 7.22. The summed E-state index contributed by atoms with van der Waals surface area (Å²) in [7, 11) is 1.73. The molecule has 1 unspecified atom stereocenters. The molecule has 0 radical (unpaired) electrons. The number of carbonyl (C=O) groups excluding carboxylic acids is 1. The third-order valence-corrected chi connectivity index (χ3v) is 8.91. The largest absolute Gasteiger partial charge is 0.462 e. The molecule has 2 aromatic carbocycles. The summed E-state index contributed by atoms with van der Waals surface area (Å²) in [5, 5.41) is 1.54. The topological polar surface area (TPSA) is 86.1 Å². The van der Waals surface area contributed by atoms with Gasteiger partial charge < -0.3 is 28.6 Å². The Labute approximate surface area is 246 Å². The number of methoxy groups -OCH3 is 1. The van der Waals surface area contributed by atoms with Crippen LogP contribution in [-0.4, -0.2) is 74.7 Å². The molecule has 0 aliphatic carbocycles. The number of fused-ring (bicyclic) bond motifs is 1. The van der Waals surface area contributed by atoms with Crippen LogP contribution in [0.3, 0.4) is 0 Å². The second-order valence-corrected chi connectivity index (χ2v) is 11.4. The van der Waals surface area contributed by atoms with Crippen LogP contribution in [0.5, 0.6) is 0 Å². The first kappa shape index (κ1) is 27.7. The van der Waals surface area contributed by atoms with Gasteiger partial charge in [0.25, 0.3) is 0 Å². The maximum absolute atomic E-state index is 13.1. The summed E-state index contributed by atoms with van der Waals surface area (Å²) in [6.45, 7) is 6.50. The smallest absolute Gasteiger partial charge is 0.343 e. The van der Waals surface area contributed by atoms with Crippen molar-refractivity contribution in [1.82, 2.24) is 9.55 Å². The van der Waals surface area contributed by atoms with Crippen LogP contribution in [0, 0.1) is 0 Å². The molecule has 0 amide bonds. The van der Waals surface area contributed by atoms with Crippen molar-refractivity contribution in [2.75, 3.05) is 62.9 Å². The van der Waals surface area contributed by atoms with Crippen LogP contribution in [-0.2, 0) is 14.2 Å². The quantitative estimate of drug-likeness (QED) is 0.276. The molecule has 41 heavy (non-hydrogen) atoms. The van der Waals surface area contributed by atoms with Gasteiger partial charge >= 0.3 is 5.97 Å². The number of rotatable bonds is 7. The Bertz CT molecular complexity index is 1650. The zero-order valence-corrected chi connectivity index (χ0v) is 24.5. The first-order valence-corrected chi connectivity index (χ1v) is 14.9.